The maximum Gasteiger partial charge on any atom is 0.341 e. The molecule has 0 aliphatic rings. The fourth-order valence-electron chi connectivity index (χ4n) is 3.24. The van der Waals surface area contributed by atoms with Gasteiger partial charge >= 0.3 is 5.97 Å². The van der Waals surface area contributed by atoms with Crippen molar-refractivity contribution in [3.63, 3.8) is 0 Å². The van der Waals surface area contributed by atoms with Crippen molar-refractivity contribution in [3.8, 4) is 5.75 Å². The highest BCUT2D eigenvalue weighted by Crippen LogP contribution is 2.45. The minimum Gasteiger partial charge on any atom is -0.478 e. The minimum atomic E-state index is -0.810. The van der Waals surface area contributed by atoms with E-state index in [-0.39, 0.29) is 17.4 Å². The number of carbonyl (C=O) groups is 3. The molecule has 1 aromatic heterocycles. The molecular weight excluding hydrogens is 496 g/mol. The highest BCUT2D eigenvalue weighted by Gasteiger charge is 2.27. The van der Waals surface area contributed by atoms with Gasteiger partial charge in [-0.2, -0.15) is 0 Å². The summed E-state index contributed by atoms with van der Waals surface area (Å²) in [5.41, 5.74) is 2.05. The Balaban J connectivity index is 2.00. The highest BCUT2D eigenvalue weighted by molar-refractivity contribution is 9.10. The number of thiophene rings is 1. The number of likely N-dealkylation sites (N-methyl/N-ethyl adjacent to an activating group) is 1. The van der Waals surface area contributed by atoms with Crippen molar-refractivity contribution in [1.82, 2.24) is 0 Å². The van der Waals surface area contributed by atoms with Gasteiger partial charge in [-0.15, -0.1) is 11.3 Å². The number of carbonyl (C=O) groups excluding carboxylic acids is 3. The lowest BCUT2D eigenvalue weighted by Crippen LogP contribution is -2.38. The molecule has 0 saturated heterocycles. The minimum absolute atomic E-state index is 0.230. The number of aryl methyl sites for hydroxylation is 1. The van der Waals surface area contributed by atoms with Crippen LogP contribution in [0.15, 0.2) is 40.9 Å². The lowest BCUT2D eigenvalue weighted by molar-refractivity contribution is -0.124. The van der Waals surface area contributed by atoms with Crippen LogP contribution in [-0.2, 0) is 14.3 Å². The number of benzene rings is 2. The zero-order chi connectivity index (χ0) is 23.6. The molecule has 9 heteroatoms. The molecular formula is C23H23BrN2O5S. The van der Waals surface area contributed by atoms with Crippen LogP contribution < -0.4 is 15.0 Å². The van der Waals surface area contributed by atoms with Gasteiger partial charge in [0, 0.05) is 25.0 Å². The summed E-state index contributed by atoms with van der Waals surface area (Å²) in [7, 11) is 2.98. The SMILES string of the molecule is COC(=O)c1c(NC(C)=O)sc2c(OC(C)C(=O)N(C)c3cccc(C)c3)c(Br)ccc12. The third-order valence-electron chi connectivity index (χ3n) is 4.81. The molecule has 0 saturated carbocycles. The number of rotatable bonds is 6. The average Bonchev–Trinajstić information content (AvgIpc) is 3.11. The first-order valence-electron chi connectivity index (χ1n) is 9.75. The second-order valence-corrected chi connectivity index (χ2v) is 9.10. The van der Waals surface area contributed by atoms with Gasteiger partial charge in [-0.25, -0.2) is 4.79 Å². The van der Waals surface area contributed by atoms with Crippen LogP contribution in [0.2, 0.25) is 0 Å². The van der Waals surface area contributed by atoms with E-state index in [1.165, 1.54) is 25.4 Å². The summed E-state index contributed by atoms with van der Waals surface area (Å²) in [6, 6.07) is 11.1. The van der Waals surface area contributed by atoms with Crippen LogP contribution >= 0.6 is 27.3 Å². The molecule has 7 nitrogen and oxygen atoms in total. The van der Waals surface area contributed by atoms with Crippen LogP contribution in [0, 0.1) is 6.92 Å². The Kier molecular flexibility index (Phi) is 7.20. The van der Waals surface area contributed by atoms with Crippen LogP contribution in [-0.4, -0.2) is 38.0 Å². The van der Waals surface area contributed by atoms with E-state index < -0.39 is 12.1 Å². The summed E-state index contributed by atoms with van der Waals surface area (Å²) in [4.78, 5) is 38.7. The zero-order valence-electron chi connectivity index (χ0n) is 18.3. The monoisotopic (exact) mass is 518 g/mol. The maximum atomic E-state index is 13.0. The van der Waals surface area contributed by atoms with Crippen molar-refractivity contribution in [3.05, 3.63) is 52.0 Å². The average molecular weight is 519 g/mol. The third-order valence-corrected chi connectivity index (χ3v) is 6.55. The zero-order valence-corrected chi connectivity index (χ0v) is 20.7. The molecule has 0 aliphatic carbocycles. The number of fused-ring (bicyclic) bond motifs is 1. The summed E-state index contributed by atoms with van der Waals surface area (Å²) in [6.07, 6.45) is -0.810. The van der Waals surface area contributed by atoms with E-state index in [4.69, 9.17) is 9.47 Å². The Morgan fingerprint density at radius 3 is 2.53 bits per heavy atom. The highest BCUT2D eigenvalue weighted by atomic mass is 79.9. The molecule has 0 spiro atoms. The number of hydrogen-bond acceptors (Lipinski definition) is 6. The standard InChI is InChI=1S/C23H23BrN2O5S/c1-12-7-6-8-15(11-12)26(4)22(28)13(2)31-19-17(24)10-9-16-18(23(29)30-5)21(25-14(3)27)32-20(16)19/h6-11,13H,1-5H3,(H,25,27). The summed E-state index contributed by atoms with van der Waals surface area (Å²) >= 11 is 4.66. The number of nitrogens with zero attached hydrogens (tertiary/aromatic N) is 1. The van der Waals surface area contributed by atoms with E-state index in [1.54, 1.807) is 31.0 Å². The van der Waals surface area contributed by atoms with E-state index in [0.717, 1.165) is 11.3 Å². The first kappa shape index (κ1) is 23.7. The van der Waals surface area contributed by atoms with Gasteiger partial charge in [0.05, 0.1) is 16.3 Å². The molecule has 0 aliphatic heterocycles. The second-order valence-electron chi connectivity index (χ2n) is 7.23. The van der Waals surface area contributed by atoms with Crippen LogP contribution in [0.25, 0.3) is 10.1 Å². The molecule has 3 rings (SSSR count). The van der Waals surface area contributed by atoms with Crippen molar-refractivity contribution in [2.75, 3.05) is 24.4 Å². The molecule has 1 atom stereocenters. The van der Waals surface area contributed by atoms with Gasteiger partial charge in [0.1, 0.15) is 10.6 Å². The van der Waals surface area contributed by atoms with Crippen molar-refractivity contribution < 1.29 is 23.9 Å². The van der Waals surface area contributed by atoms with Gasteiger partial charge in [0.15, 0.2) is 11.9 Å². The number of amides is 2. The Hall–Kier alpha value is -2.91. The molecule has 168 valence electrons. The lowest BCUT2D eigenvalue weighted by atomic mass is 10.1. The number of hydrogen-bond donors (Lipinski definition) is 1. The Morgan fingerprint density at radius 2 is 1.91 bits per heavy atom. The number of halogens is 1. The number of anilines is 2. The fourth-order valence-corrected chi connectivity index (χ4v) is 5.02. The predicted molar refractivity (Wildman–Crippen MR) is 130 cm³/mol. The predicted octanol–water partition coefficient (Wildman–Crippen LogP) is 5.15. The van der Waals surface area contributed by atoms with Gasteiger partial charge in [-0.05, 0) is 53.5 Å². The Morgan fingerprint density at radius 1 is 1.19 bits per heavy atom. The van der Waals surface area contributed by atoms with Crippen molar-refractivity contribution in [2.24, 2.45) is 0 Å². The van der Waals surface area contributed by atoms with Crippen LogP contribution in [0.3, 0.4) is 0 Å². The number of nitrogens with one attached hydrogen (secondary N) is 1. The second kappa shape index (κ2) is 9.70. The summed E-state index contributed by atoms with van der Waals surface area (Å²) in [5, 5.41) is 3.60. The van der Waals surface area contributed by atoms with E-state index in [1.807, 2.05) is 31.2 Å². The van der Waals surface area contributed by atoms with E-state index in [9.17, 15) is 14.4 Å². The van der Waals surface area contributed by atoms with Gasteiger partial charge in [-0.3, -0.25) is 9.59 Å². The van der Waals surface area contributed by atoms with Crippen LogP contribution in [0.1, 0.15) is 29.8 Å². The topological polar surface area (TPSA) is 84.9 Å². The first-order valence-corrected chi connectivity index (χ1v) is 11.4. The molecule has 1 heterocycles. The van der Waals surface area contributed by atoms with E-state index in [0.29, 0.717) is 25.3 Å². The molecule has 0 fully saturated rings. The normalized spacial score (nSPS) is 11.7. The van der Waals surface area contributed by atoms with Gasteiger partial charge in [-0.1, -0.05) is 18.2 Å². The van der Waals surface area contributed by atoms with Crippen molar-refractivity contribution in [2.45, 2.75) is 26.9 Å². The molecule has 0 bridgehead atoms. The van der Waals surface area contributed by atoms with Gasteiger partial charge in [0.2, 0.25) is 5.91 Å². The van der Waals surface area contributed by atoms with Crippen molar-refractivity contribution >= 4 is 65.8 Å². The maximum absolute atomic E-state index is 13.0. The van der Waals surface area contributed by atoms with Crippen molar-refractivity contribution in [1.29, 1.82) is 0 Å². The number of methoxy groups -OCH3 is 1. The quantitative estimate of drug-likeness (QED) is 0.456. The first-order chi connectivity index (χ1) is 15.1. The molecule has 1 N–H and O–H groups in total. The molecule has 2 amide bonds. The van der Waals surface area contributed by atoms with E-state index >= 15 is 0 Å². The molecule has 2 aromatic carbocycles. The van der Waals surface area contributed by atoms with E-state index in [2.05, 4.69) is 21.2 Å². The summed E-state index contributed by atoms with van der Waals surface area (Å²) < 4.78 is 12.2. The number of ether oxygens (including phenoxy) is 2. The largest absolute Gasteiger partial charge is 0.478 e. The third kappa shape index (κ3) is 4.78. The van der Waals surface area contributed by atoms with Gasteiger partial charge < -0.3 is 19.7 Å². The fraction of sp³-hybridized carbons (Fsp3) is 0.261. The smallest absolute Gasteiger partial charge is 0.341 e. The Labute approximate surface area is 198 Å². The number of esters is 1. The van der Waals surface area contributed by atoms with Crippen LogP contribution in [0.4, 0.5) is 10.7 Å². The van der Waals surface area contributed by atoms with Gasteiger partial charge in [0.25, 0.3) is 5.91 Å². The Bertz CT molecular complexity index is 1210. The lowest BCUT2D eigenvalue weighted by Gasteiger charge is -2.23. The molecule has 1 unspecified atom stereocenters. The van der Waals surface area contributed by atoms with Crippen LogP contribution in [0.5, 0.6) is 5.75 Å². The molecule has 3 aromatic rings. The molecule has 0 radical (unpaired) electrons. The molecule has 32 heavy (non-hydrogen) atoms. The summed E-state index contributed by atoms with van der Waals surface area (Å²) in [5.74, 6) is -0.706. The summed E-state index contributed by atoms with van der Waals surface area (Å²) in [6.45, 7) is 4.99.